The molecule has 1 nitrogen and oxygen atoms in total. The van der Waals surface area contributed by atoms with Gasteiger partial charge in [0, 0.05) is 33.9 Å². The van der Waals surface area contributed by atoms with Crippen LogP contribution in [0, 0.1) is 0 Å². The van der Waals surface area contributed by atoms with Crippen molar-refractivity contribution in [2.75, 3.05) is 12.3 Å². The maximum absolute atomic E-state index is 6.12. The second-order valence-electron chi connectivity index (χ2n) is 4.32. The summed E-state index contributed by atoms with van der Waals surface area (Å²) in [6, 6.07) is 5.66. The van der Waals surface area contributed by atoms with Crippen LogP contribution in [0.3, 0.4) is 0 Å². The van der Waals surface area contributed by atoms with Gasteiger partial charge in [-0.15, -0.1) is 0 Å². The molecular weight excluding hydrogens is 273 g/mol. The van der Waals surface area contributed by atoms with Crippen molar-refractivity contribution >= 4 is 35.0 Å². The van der Waals surface area contributed by atoms with Gasteiger partial charge in [-0.25, -0.2) is 0 Å². The first-order valence-electron chi connectivity index (χ1n) is 6.02. The summed E-state index contributed by atoms with van der Waals surface area (Å²) in [5.41, 5.74) is 1.01. The summed E-state index contributed by atoms with van der Waals surface area (Å²) < 4.78 is 0. The number of hydrogen-bond donors (Lipinski definition) is 1. The van der Waals surface area contributed by atoms with Crippen LogP contribution in [0.1, 0.15) is 24.8 Å². The van der Waals surface area contributed by atoms with E-state index in [4.69, 9.17) is 23.2 Å². The average molecular weight is 290 g/mol. The second kappa shape index (κ2) is 6.89. The van der Waals surface area contributed by atoms with Crippen LogP contribution in [-0.2, 0) is 6.54 Å². The maximum atomic E-state index is 6.12. The van der Waals surface area contributed by atoms with Crippen LogP contribution in [-0.4, -0.2) is 17.5 Å². The summed E-state index contributed by atoms with van der Waals surface area (Å²) in [5.74, 6) is 1.30. The predicted octanol–water partition coefficient (Wildman–Crippen LogP) is 4.37. The fraction of sp³-hybridized carbons (Fsp3) is 0.538. The Morgan fingerprint density at radius 1 is 1.24 bits per heavy atom. The van der Waals surface area contributed by atoms with Gasteiger partial charge in [-0.3, -0.25) is 0 Å². The Morgan fingerprint density at radius 3 is 2.65 bits per heavy atom. The Bertz CT molecular complexity index is 344. The predicted molar refractivity (Wildman–Crippen MR) is 78.3 cm³/mol. The molecule has 1 aliphatic heterocycles. The lowest BCUT2D eigenvalue weighted by molar-refractivity contribution is 0.598. The molecule has 4 heteroatoms. The third-order valence-electron chi connectivity index (χ3n) is 3.01. The third-order valence-corrected chi connectivity index (χ3v) is 5.12. The highest BCUT2D eigenvalue weighted by atomic mass is 35.5. The fourth-order valence-corrected chi connectivity index (χ4v) is 3.83. The minimum Gasteiger partial charge on any atom is -0.311 e. The van der Waals surface area contributed by atoms with E-state index in [2.05, 4.69) is 17.1 Å². The first kappa shape index (κ1) is 13.5. The van der Waals surface area contributed by atoms with Gasteiger partial charge in [-0.1, -0.05) is 35.7 Å². The monoisotopic (exact) mass is 289 g/mol. The molecule has 0 bridgehead atoms. The molecule has 1 atom stereocenters. The molecule has 0 aromatic heterocycles. The number of benzene rings is 1. The van der Waals surface area contributed by atoms with Crippen LogP contribution >= 0.6 is 35.0 Å². The molecule has 2 rings (SSSR count). The molecule has 1 fully saturated rings. The molecule has 17 heavy (non-hydrogen) atoms. The quantitative estimate of drug-likeness (QED) is 0.883. The molecular formula is C13H17Cl2NS. The molecule has 1 heterocycles. The Labute approximate surface area is 117 Å². The third kappa shape index (κ3) is 4.06. The highest BCUT2D eigenvalue weighted by Crippen LogP contribution is 2.26. The molecule has 1 aromatic rings. The largest absolute Gasteiger partial charge is 0.311 e. The van der Waals surface area contributed by atoms with Crippen molar-refractivity contribution in [3.05, 3.63) is 33.8 Å². The van der Waals surface area contributed by atoms with Gasteiger partial charge in [0.1, 0.15) is 0 Å². The van der Waals surface area contributed by atoms with Crippen LogP contribution < -0.4 is 5.32 Å². The molecule has 94 valence electrons. The smallest absolute Gasteiger partial charge is 0.0465 e. The summed E-state index contributed by atoms with van der Waals surface area (Å²) in [5, 5.41) is 5.72. The van der Waals surface area contributed by atoms with Gasteiger partial charge >= 0.3 is 0 Å². The Hall–Kier alpha value is 0.110. The normalized spacial score (nSPS) is 20.5. The molecule has 1 aromatic carbocycles. The Balaban J connectivity index is 1.81. The minimum atomic E-state index is 0.751. The van der Waals surface area contributed by atoms with E-state index in [0.717, 1.165) is 33.9 Å². The van der Waals surface area contributed by atoms with E-state index in [1.54, 1.807) is 0 Å². The van der Waals surface area contributed by atoms with E-state index in [-0.39, 0.29) is 0 Å². The van der Waals surface area contributed by atoms with Crippen LogP contribution in [0.2, 0.25) is 10.0 Å². The SMILES string of the molecule is Clc1cccc(Cl)c1CNCC1CCCCS1. The highest BCUT2D eigenvalue weighted by Gasteiger charge is 2.13. The van der Waals surface area contributed by atoms with Gasteiger partial charge in [0.2, 0.25) is 0 Å². The lowest BCUT2D eigenvalue weighted by atomic mass is 10.2. The molecule has 1 saturated heterocycles. The van der Waals surface area contributed by atoms with Crippen LogP contribution in [0.15, 0.2) is 18.2 Å². The van der Waals surface area contributed by atoms with Crippen LogP contribution in [0.25, 0.3) is 0 Å². The number of hydrogen-bond acceptors (Lipinski definition) is 2. The van der Waals surface area contributed by atoms with E-state index in [9.17, 15) is 0 Å². The number of halogens is 2. The van der Waals surface area contributed by atoms with E-state index in [1.807, 2.05) is 18.2 Å². The fourth-order valence-electron chi connectivity index (χ4n) is 2.03. The van der Waals surface area contributed by atoms with Crippen LogP contribution in [0.4, 0.5) is 0 Å². The lowest BCUT2D eigenvalue weighted by Gasteiger charge is -2.21. The highest BCUT2D eigenvalue weighted by molar-refractivity contribution is 7.99. The molecule has 1 aliphatic rings. The van der Waals surface area contributed by atoms with Crippen molar-refractivity contribution in [3.63, 3.8) is 0 Å². The Kier molecular flexibility index (Phi) is 5.49. The van der Waals surface area contributed by atoms with E-state index < -0.39 is 0 Å². The van der Waals surface area contributed by atoms with Crippen molar-refractivity contribution in [2.45, 2.75) is 31.1 Å². The number of thioether (sulfide) groups is 1. The van der Waals surface area contributed by atoms with Gasteiger partial charge < -0.3 is 5.32 Å². The molecule has 0 radical (unpaired) electrons. The van der Waals surface area contributed by atoms with Crippen molar-refractivity contribution < 1.29 is 0 Å². The average Bonchev–Trinajstić information content (AvgIpc) is 2.34. The summed E-state index contributed by atoms with van der Waals surface area (Å²) in [6.45, 7) is 1.81. The van der Waals surface area contributed by atoms with Crippen molar-refractivity contribution in [1.29, 1.82) is 0 Å². The van der Waals surface area contributed by atoms with Gasteiger partial charge in [-0.2, -0.15) is 11.8 Å². The van der Waals surface area contributed by atoms with E-state index >= 15 is 0 Å². The van der Waals surface area contributed by atoms with Crippen molar-refractivity contribution in [2.24, 2.45) is 0 Å². The summed E-state index contributed by atoms with van der Waals surface area (Å²) in [4.78, 5) is 0. The zero-order chi connectivity index (χ0) is 12.1. The van der Waals surface area contributed by atoms with Gasteiger partial charge in [0.25, 0.3) is 0 Å². The molecule has 0 saturated carbocycles. The molecule has 1 N–H and O–H groups in total. The van der Waals surface area contributed by atoms with Gasteiger partial charge in [-0.05, 0) is 30.7 Å². The van der Waals surface area contributed by atoms with Gasteiger partial charge in [0.05, 0.1) is 0 Å². The lowest BCUT2D eigenvalue weighted by Crippen LogP contribution is -2.26. The van der Waals surface area contributed by atoms with E-state index in [1.165, 1.54) is 25.0 Å². The number of nitrogens with one attached hydrogen (secondary N) is 1. The van der Waals surface area contributed by atoms with Crippen molar-refractivity contribution in [3.8, 4) is 0 Å². The summed E-state index contributed by atoms with van der Waals surface area (Å²) >= 11 is 14.3. The first-order valence-corrected chi connectivity index (χ1v) is 7.83. The molecule has 0 amide bonds. The molecule has 1 unspecified atom stereocenters. The van der Waals surface area contributed by atoms with Crippen LogP contribution in [0.5, 0.6) is 0 Å². The zero-order valence-corrected chi connectivity index (χ0v) is 12.0. The first-order chi connectivity index (χ1) is 8.27. The summed E-state index contributed by atoms with van der Waals surface area (Å²) in [7, 11) is 0. The van der Waals surface area contributed by atoms with Gasteiger partial charge in [0.15, 0.2) is 0 Å². The second-order valence-corrected chi connectivity index (χ2v) is 6.54. The van der Waals surface area contributed by atoms with E-state index in [0.29, 0.717) is 0 Å². The maximum Gasteiger partial charge on any atom is 0.0465 e. The number of rotatable bonds is 4. The zero-order valence-electron chi connectivity index (χ0n) is 9.72. The summed E-state index contributed by atoms with van der Waals surface area (Å²) in [6.07, 6.45) is 4.07. The minimum absolute atomic E-state index is 0.751. The molecule has 0 spiro atoms. The standard InChI is InChI=1S/C13H17Cl2NS/c14-12-5-3-6-13(15)11(12)9-16-8-10-4-1-2-7-17-10/h3,5-6,10,16H,1-2,4,7-9H2. The molecule has 0 aliphatic carbocycles. The van der Waals surface area contributed by atoms with Crippen molar-refractivity contribution in [1.82, 2.24) is 5.32 Å². The topological polar surface area (TPSA) is 12.0 Å². The Morgan fingerprint density at radius 2 is 2.00 bits per heavy atom.